The maximum atomic E-state index is 13.2. The van der Waals surface area contributed by atoms with Gasteiger partial charge < -0.3 is 10.6 Å². The zero-order valence-corrected chi connectivity index (χ0v) is 10.2. The number of nitrogens with two attached hydrogens (primary N) is 1. The van der Waals surface area contributed by atoms with Gasteiger partial charge in [-0.3, -0.25) is 4.79 Å². The summed E-state index contributed by atoms with van der Waals surface area (Å²) in [7, 11) is 1.77. The first kappa shape index (κ1) is 12.6. The van der Waals surface area contributed by atoms with Crippen molar-refractivity contribution in [2.45, 2.75) is 18.9 Å². The van der Waals surface area contributed by atoms with Crippen LogP contribution in [-0.2, 0) is 0 Å². The minimum Gasteiger partial charge on any atom is -0.339 e. The molecule has 0 spiro atoms. The SMILES string of the molecule is CN(C(=O)c1ccc(F)cc1C#CCN)C1CC1. The Morgan fingerprint density at radius 3 is 2.89 bits per heavy atom. The van der Waals surface area contributed by atoms with E-state index in [2.05, 4.69) is 11.8 Å². The molecule has 1 aliphatic rings. The molecule has 1 aliphatic carbocycles. The largest absolute Gasteiger partial charge is 0.339 e. The number of nitrogens with zero attached hydrogens (tertiary/aromatic N) is 1. The summed E-state index contributed by atoms with van der Waals surface area (Å²) in [5, 5.41) is 0. The fourth-order valence-electron chi connectivity index (χ4n) is 1.77. The lowest BCUT2D eigenvalue weighted by molar-refractivity contribution is 0.0785. The highest BCUT2D eigenvalue weighted by Gasteiger charge is 2.30. The van der Waals surface area contributed by atoms with Crippen LogP contribution in [0, 0.1) is 17.7 Å². The number of carbonyl (C=O) groups excluding carboxylic acids is 1. The van der Waals surface area contributed by atoms with Gasteiger partial charge in [0.1, 0.15) is 5.82 Å². The summed E-state index contributed by atoms with van der Waals surface area (Å²) < 4.78 is 13.2. The smallest absolute Gasteiger partial charge is 0.255 e. The normalized spacial score (nSPS) is 13.7. The van der Waals surface area contributed by atoms with Crippen LogP contribution in [0.4, 0.5) is 4.39 Å². The van der Waals surface area contributed by atoms with Crippen molar-refractivity contribution in [3.05, 3.63) is 35.1 Å². The van der Waals surface area contributed by atoms with Crippen LogP contribution in [0.2, 0.25) is 0 Å². The molecule has 0 aromatic heterocycles. The molecule has 1 fully saturated rings. The summed E-state index contributed by atoms with van der Waals surface area (Å²) >= 11 is 0. The minimum absolute atomic E-state index is 0.112. The molecule has 94 valence electrons. The van der Waals surface area contributed by atoms with Gasteiger partial charge in [-0.1, -0.05) is 11.8 Å². The van der Waals surface area contributed by atoms with E-state index in [0.717, 1.165) is 12.8 Å². The summed E-state index contributed by atoms with van der Waals surface area (Å²) in [6, 6.07) is 4.35. The van der Waals surface area contributed by atoms with Crippen molar-refractivity contribution in [2.24, 2.45) is 5.73 Å². The third-order valence-electron chi connectivity index (χ3n) is 2.95. The molecule has 2 rings (SSSR count). The molecular formula is C14H15FN2O. The van der Waals surface area contributed by atoms with Crippen LogP contribution in [0.15, 0.2) is 18.2 Å². The summed E-state index contributed by atoms with van der Waals surface area (Å²) in [6.45, 7) is 0.183. The molecule has 0 bridgehead atoms. The topological polar surface area (TPSA) is 46.3 Å². The summed E-state index contributed by atoms with van der Waals surface area (Å²) in [5.74, 6) is 4.88. The van der Waals surface area contributed by atoms with Gasteiger partial charge >= 0.3 is 0 Å². The Morgan fingerprint density at radius 1 is 1.56 bits per heavy atom. The molecule has 0 radical (unpaired) electrons. The van der Waals surface area contributed by atoms with E-state index < -0.39 is 5.82 Å². The van der Waals surface area contributed by atoms with Gasteiger partial charge in [-0.25, -0.2) is 4.39 Å². The van der Waals surface area contributed by atoms with E-state index >= 15 is 0 Å². The Hall–Kier alpha value is -1.86. The Balaban J connectivity index is 2.33. The van der Waals surface area contributed by atoms with E-state index in [1.807, 2.05) is 0 Å². The molecular weight excluding hydrogens is 231 g/mol. The van der Waals surface area contributed by atoms with Crippen molar-refractivity contribution in [1.82, 2.24) is 4.90 Å². The van der Waals surface area contributed by atoms with E-state index in [1.165, 1.54) is 18.2 Å². The maximum absolute atomic E-state index is 13.2. The lowest BCUT2D eigenvalue weighted by Gasteiger charge is -2.17. The minimum atomic E-state index is -0.401. The predicted octanol–water partition coefficient (Wildman–Crippen LogP) is 1.37. The van der Waals surface area contributed by atoms with Gasteiger partial charge in [0.05, 0.1) is 12.1 Å². The van der Waals surface area contributed by atoms with Crippen LogP contribution >= 0.6 is 0 Å². The molecule has 1 amide bonds. The first-order chi connectivity index (χ1) is 8.63. The third-order valence-corrected chi connectivity index (χ3v) is 2.95. The Kier molecular flexibility index (Phi) is 3.63. The second-order valence-corrected chi connectivity index (χ2v) is 4.34. The molecule has 1 aromatic carbocycles. The first-order valence-electron chi connectivity index (χ1n) is 5.89. The van der Waals surface area contributed by atoms with Crippen LogP contribution in [-0.4, -0.2) is 30.4 Å². The van der Waals surface area contributed by atoms with Gasteiger partial charge in [0.2, 0.25) is 0 Å². The van der Waals surface area contributed by atoms with Crippen molar-refractivity contribution in [3.8, 4) is 11.8 Å². The van der Waals surface area contributed by atoms with Gasteiger partial charge in [0, 0.05) is 18.7 Å². The second kappa shape index (κ2) is 5.19. The monoisotopic (exact) mass is 246 g/mol. The molecule has 0 saturated heterocycles. The van der Waals surface area contributed by atoms with Gasteiger partial charge in [-0.2, -0.15) is 0 Å². The average molecular weight is 246 g/mol. The summed E-state index contributed by atoms with van der Waals surface area (Å²) in [5.41, 5.74) is 6.13. The van der Waals surface area contributed by atoms with E-state index in [9.17, 15) is 9.18 Å². The van der Waals surface area contributed by atoms with Crippen molar-refractivity contribution in [1.29, 1.82) is 0 Å². The molecule has 0 atom stereocenters. The Morgan fingerprint density at radius 2 is 2.28 bits per heavy atom. The highest BCUT2D eigenvalue weighted by molar-refractivity contribution is 5.97. The molecule has 1 aromatic rings. The fraction of sp³-hybridized carbons (Fsp3) is 0.357. The van der Waals surface area contributed by atoms with Crippen molar-refractivity contribution in [2.75, 3.05) is 13.6 Å². The third kappa shape index (κ3) is 2.69. The van der Waals surface area contributed by atoms with Crippen LogP contribution < -0.4 is 5.73 Å². The molecule has 4 heteroatoms. The number of halogens is 1. The first-order valence-corrected chi connectivity index (χ1v) is 5.89. The molecule has 18 heavy (non-hydrogen) atoms. The van der Waals surface area contributed by atoms with Gasteiger partial charge in [0.25, 0.3) is 5.91 Å². The average Bonchev–Trinajstić information content (AvgIpc) is 3.19. The van der Waals surface area contributed by atoms with Crippen molar-refractivity contribution < 1.29 is 9.18 Å². The van der Waals surface area contributed by atoms with Crippen LogP contribution in [0.25, 0.3) is 0 Å². The van der Waals surface area contributed by atoms with Gasteiger partial charge in [-0.05, 0) is 31.0 Å². The van der Waals surface area contributed by atoms with Gasteiger partial charge in [0.15, 0.2) is 0 Å². The summed E-state index contributed by atoms with van der Waals surface area (Å²) in [4.78, 5) is 13.9. The number of amides is 1. The quantitative estimate of drug-likeness (QED) is 0.801. The molecule has 0 unspecified atom stereocenters. The highest BCUT2D eigenvalue weighted by Crippen LogP contribution is 2.27. The van der Waals surface area contributed by atoms with Crippen LogP contribution in [0.1, 0.15) is 28.8 Å². The number of hydrogen-bond donors (Lipinski definition) is 1. The lowest BCUT2D eigenvalue weighted by Crippen LogP contribution is -2.29. The fourth-order valence-corrected chi connectivity index (χ4v) is 1.77. The lowest BCUT2D eigenvalue weighted by atomic mass is 10.1. The number of carbonyl (C=O) groups is 1. The molecule has 0 aliphatic heterocycles. The zero-order chi connectivity index (χ0) is 13.1. The molecule has 3 nitrogen and oxygen atoms in total. The Bertz CT molecular complexity index is 526. The highest BCUT2D eigenvalue weighted by atomic mass is 19.1. The van der Waals surface area contributed by atoms with E-state index in [4.69, 9.17) is 5.73 Å². The Labute approximate surface area is 106 Å². The van der Waals surface area contributed by atoms with E-state index in [-0.39, 0.29) is 12.5 Å². The second-order valence-electron chi connectivity index (χ2n) is 4.34. The molecule has 0 heterocycles. The maximum Gasteiger partial charge on any atom is 0.255 e. The van der Waals surface area contributed by atoms with Crippen LogP contribution in [0.5, 0.6) is 0 Å². The van der Waals surface area contributed by atoms with Gasteiger partial charge in [-0.15, -0.1) is 0 Å². The van der Waals surface area contributed by atoms with E-state index in [0.29, 0.717) is 17.2 Å². The number of hydrogen-bond acceptors (Lipinski definition) is 2. The number of rotatable bonds is 2. The molecule has 1 saturated carbocycles. The summed E-state index contributed by atoms with van der Waals surface area (Å²) in [6.07, 6.45) is 2.07. The predicted molar refractivity (Wildman–Crippen MR) is 67.4 cm³/mol. The van der Waals surface area contributed by atoms with Crippen LogP contribution in [0.3, 0.4) is 0 Å². The zero-order valence-electron chi connectivity index (χ0n) is 10.2. The standard InChI is InChI=1S/C14H15FN2O/c1-17(12-5-6-12)14(18)13-7-4-11(15)9-10(13)3-2-8-16/h4,7,9,12H,5-6,8,16H2,1H3. The van der Waals surface area contributed by atoms with Crippen molar-refractivity contribution >= 4 is 5.91 Å². The number of benzene rings is 1. The molecule has 2 N–H and O–H groups in total. The van der Waals surface area contributed by atoms with Crippen molar-refractivity contribution in [3.63, 3.8) is 0 Å². The van der Waals surface area contributed by atoms with E-state index in [1.54, 1.807) is 11.9 Å².